The van der Waals surface area contributed by atoms with Gasteiger partial charge in [0.1, 0.15) is 5.82 Å². The highest BCUT2D eigenvalue weighted by Crippen LogP contribution is 2.33. The minimum Gasteiger partial charge on any atom is -0.206 e. The molecule has 7 heteroatoms. The van der Waals surface area contributed by atoms with Crippen molar-refractivity contribution >= 4 is 11.6 Å². The third-order valence-electron chi connectivity index (χ3n) is 2.41. The molecule has 0 fully saturated rings. The van der Waals surface area contributed by atoms with E-state index in [1.165, 1.54) is 0 Å². The van der Waals surface area contributed by atoms with Crippen LogP contribution in [0, 0.1) is 34.9 Å². The van der Waals surface area contributed by atoms with Crippen molar-refractivity contribution in [1.29, 1.82) is 0 Å². The highest BCUT2D eigenvalue weighted by Gasteiger charge is 2.27. The van der Waals surface area contributed by atoms with Gasteiger partial charge in [0.05, 0.1) is 5.56 Å². The van der Waals surface area contributed by atoms with Gasteiger partial charge in [0.2, 0.25) is 5.82 Å². The first kappa shape index (κ1) is 13.7. The molecule has 0 radical (unpaired) electrons. The molecule has 0 bridgehead atoms. The van der Waals surface area contributed by atoms with Gasteiger partial charge in [0.15, 0.2) is 23.3 Å². The minimum absolute atomic E-state index is 0.0786. The Labute approximate surface area is 108 Å². The number of hydrogen-bond acceptors (Lipinski definition) is 0. The first-order valence-electron chi connectivity index (χ1n) is 4.81. The van der Waals surface area contributed by atoms with Crippen LogP contribution in [0.4, 0.5) is 26.3 Å². The van der Waals surface area contributed by atoms with E-state index in [1.54, 1.807) is 0 Å². The molecular weight excluding hydrogens is 294 g/mol. The third kappa shape index (κ3) is 2.16. The fourth-order valence-corrected chi connectivity index (χ4v) is 1.69. The zero-order valence-corrected chi connectivity index (χ0v) is 9.63. The molecule has 100 valence electrons. The average Bonchev–Trinajstić information content (AvgIpc) is 2.37. The van der Waals surface area contributed by atoms with E-state index in [9.17, 15) is 26.3 Å². The van der Waals surface area contributed by atoms with E-state index in [1.807, 2.05) is 0 Å². The van der Waals surface area contributed by atoms with E-state index in [2.05, 4.69) is 0 Å². The van der Waals surface area contributed by atoms with Gasteiger partial charge in [-0.25, -0.2) is 26.3 Å². The molecule has 0 N–H and O–H groups in total. The van der Waals surface area contributed by atoms with Crippen molar-refractivity contribution in [2.24, 2.45) is 0 Å². The zero-order chi connectivity index (χ0) is 14.3. The second-order valence-electron chi connectivity index (χ2n) is 3.57. The lowest BCUT2D eigenvalue weighted by Gasteiger charge is -2.09. The molecule has 0 heterocycles. The first-order valence-corrected chi connectivity index (χ1v) is 5.19. The fraction of sp³-hybridized carbons (Fsp3) is 0. The Morgan fingerprint density at radius 2 is 1.16 bits per heavy atom. The standard InChI is InChI=1S/C12H3ClF6/c13-4-1-2-5(6(14)3-4)7-8(15)10(17)12(19)11(18)9(7)16/h1-3H. The van der Waals surface area contributed by atoms with Gasteiger partial charge in [-0.15, -0.1) is 0 Å². The van der Waals surface area contributed by atoms with Gasteiger partial charge >= 0.3 is 0 Å². The van der Waals surface area contributed by atoms with Crippen molar-refractivity contribution in [3.8, 4) is 11.1 Å². The molecule has 0 nitrogen and oxygen atoms in total. The number of halogens is 7. The molecule has 19 heavy (non-hydrogen) atoms. The molecule has 0 amide bonds. The second-order valence-corrected chi connectivity index (χ2v) is 4.01. The smallest absolute Gasteiger partial charge is 0.200 e. The summed E-state index contributed by atoms with van der Waals surface area (Å²) in [6.45, 7) is 0. The van der Waals surface area contributed by atoms with Crippen LogP contribution in [-0.2, 0) is 0 Å². The Kier molecular flexibility index (Phi) is 3.45. The predicted octanol–water partition coefficient (Wildman–Crippen LogP) is 4.84. The van der Waals surface area contributed by atoms with Gasteiger partial charge in [-0.2, -0.15) is 0 Å². The van der Waals surface area contributed by atoms with Crippen LogP contribution >= 0.6 is 11.6 Å². The monoisotopic (exact) mass is 296 g/mol. The molecule has 0 aliphatic rings. The van der Waals surface area contributed by atoms with Crippen molar-refractivity contribution in [3.05, 3.63) is 58.1 Å². The molecule has 0 saturated heterocycles. The lowest BCUT2D eigenvalue weighted by Crippen LogP contribution is -2.04. The summed E-state index contributed by atoms with van der Waals surface area (Å²) in [5.41, 5.74) is -2.09. The zero-order valence-electron chi connectivity index (χ0n) is 8.88. The molecule has 0 aliphatic carbocycles. The van der Waals surface area contributed by atoms with Crippen molar-refractivity contribution in [2.75, 3.05) is 0 Å². The lowest BCUT2D eigenvalue weighted by molar-refractivity contribution is 0.381. The maximum atomic E-state index is 13.5. The molecule has 0 aromatic heterocycles. The largest absolute Gasteiger partial charge is 0.206 e. The average molecular weight is 297 g/mol. The Hall–Kier alpha value is -1.69. The summed E-state index contributed by atoms with van der Waals surface area (Å²) < 4.78 is 79.2. The van der Waals surface area contributed by atoms with Crippen molar-refractivity contribution in [2.45, 2.75) is 0 Å². The molecule has 0 aliphatic heterocycles. The summed E-state index contributed by atoms with van der Waals surface area (Å²) in [7, 11) is 0. The molecule has 2 aromatic carbocycles. The summed E-state index contributed by atoms with van der Waals surface area (Å²) in [6.07, 6.45) is 0. The summed E-state index contributed by atoms with van der Waals surface area (Å²) in [5, 5.41) is -0.0786. The Balaban J connectivity index is 2.83. The molecule has 0 atom stereocenters. The van der Waals surface area contributed by atoms with Gasteiger partial charge in [-0.3, -0.25) is 0 Å². The summed E-state index contributed by atoms with van der Waals surface area (Å²) in [4.78, 5) is 0. The molecule has 0 spiro atoms. The van der Waals surface area contributed by atoms with Crippen LogP contribution in [0.2, 0.25) is 5.02 Å². The van der Waals surface area contributed by atoms with E-state index in [4.69, 9.17) is 11.6 Å². The van der Waals surface area contributed by atoms with Gasteiger partial charge in [-0.1, -0.05) is 11.6 Å². The number of hydrogen-bond donors (Lipinski definition) is 0. The van der Waals surface area contributed by atoms with Gasteiger partial charge in [0.25, 0.3) is 0 Å². The number of benzene rings is 2. The highest BCUT2D eigenvalue weighted by molar-refractivity contribution is 6.30. The van der Waals surface area contributed by atoms with Crippen LogP contribution in [0.5, 0.6) is 0 Å². The van der Waals surface area contributed by atoms with E-state index in [-0.39, 0.29) is 5.02 Å². The summed E-state index contributed by atoms with van der Waals surface area (Å²) >= 11 is 5.44. The van der Waals surface area contributed by atoms with Gasteiger partial charge < -0.3 is 0 Å². The normalized spacial score (nSPS) is 10.9. The van der Waals surface area contributed by atoms with Crippen LogP contribution in [0.15, 0.2) is 18.2 Å². The molecule has 2 rings (SSSR count). The SMILES string of the molecule is Fc1cc(Cl)ccc1-c1c(F)c(F)c(F)c(F)c1F. The fourth-order valence-electron chi connectivity index (χ4n) is 1.53. The van der Waals surface area contributed by atoms with Crippen molar-refractivity contribution < 1.29 is 26.3 Å². The summed E-state index contributed by atoms with van der Waals surface area (Å²) in [6, 6.07) is 2.60. The van der Waals surface area contributed by atoms with Crippen LogP contribution in [0.1, 0.15) is 0 Å². The quantitative estimate of drug-likeness (QED) is 0.401. The topological polar surface area (TPSA) is 0 Å². The summed E-state index contributed by atoms with van der Waals surface area (Å²) in [5.74, 6) is -12.0. The highest BCUT2D eigenvalue weighted by atomic mass is 35.5. The Morgan fingerprint density at radius 1 is 0.684 bits per heavy atom. The second kappa shape index (κ2) is 4.77. The Morgan fingerprint density at radius 3 is 1.63 bits per heavy atom. The van der Waals surface area contributed by atoms with Crippen LogP contribution in [0.3, 0.4) is 0 Å². The predicted molar refractivity (Wildman–Crippen MR) is 56.6 cm³/mol. The minimum atomic E-state index is -2.30. The molecule has 0 saturated carbocycles. The van der Waals surface area contributed by atoms with Gasteiger partial charge in [0, 0.05) is 10.6 Å². The molecular formula is C12H3ClF6. The van der Waals surface area contributed by atoms with E-state index in [0.717, 1.165) is 12.1 Å². The first-order chi connectivity index (χ1) is 8.84. The molecule has 2 aromatic rings. The maximum absolute atomic E-state index is 13.5. The van der Waals surface area contributed by atoms with E-state index < -0.39 is 46.0 Å². The van der Waals surface area contributed by atoms with Gasteiger partial charge in [-0.05, 0) is 18.2 Å². The van der Waals surface area contributed by atoms with E-state index in [0.29, 0.717) is 6.07 Å². The maximum Gasteiger partial charge on any atom is 0.200 e. The third-order valence-corrected chi connectivity index (χ3v) is 2.65. The van der Waals surface area contributed by atoms with E-state index >= 15 is 0 Å². The van der Waals surface area contributed by atoms with Crippen molar-refractivity contribution in [3.63, 3.8) is 0 Å². The van der Waals surface area contributed by atoms with Crippen LogP contribution in [-0.4, -0.2) is 0 Å². The van der Waals surface area contributed by atoms with Crippen molar-refractivity contribution in [1.82, 2.24) is 0 Å². The van der Waals surface area contributed by atoms with Crippen LogP contribution < -0.4 is 0 Å². The lowest BCUT2D eigenvalue weighted by atomic mass is 10.0. The van der Waals surface area contributed by atoms with Crippen LogP contribution in [0.25, 0.3) is 11.1 Å². The number of rotatable bonds is 1. The molecule has 0 unspecified atom stereocenters. The Bertz CT molecular complexity index is 639.